The summed E-state index contributed by atoms with van der Waals surface area (Å²) in [6.45, 7) is 0.0389. The number of para-hydroxylation sites is 1. The van der Waals surface area contributed by atoms with Crippen LogP contribution in [0.15, 0.2) is 41.5 Å². The number of nitrogens with one attached hydrogen (secondary N) is 2. The van der Waals surface area contributed by atoms with E-state index in [1.807, 2.05) is 6.07 Å². The summed E-state index contributed by atoms with van der Waals surface area (Å²) in [6.07, 6.45) is 2.44. The van der Waals surface area contributed by atoms with Crippen molar-refractivity contribution < 1.29 is 18.3 Å². The average molecular weight is 541 g/mol. The predicted molar refractivity (Wildman–Crippen MR) is 121 cm³/mol. The third-order valence-corrected chi connectivity index (χ3v) is 3.96. The van der Waals surface area contributed by atoms with Crippen molar-refractivity contribution in [2.75, 3.05) is 20.2 Å². The molecular weight excluding hydrogens is 517 g/mol. The van der Waals surface area contributed by atoms with Gasteiger partial charge in [0.05, 0.1) is 6.61 Å². The van der Waals surface area contributed by atoms with Gasteiger partial charge in [-0.3, -0.25) is 4.99 Å². The van der Waals surface area contributed by atoms with E-state index in [1.165, 1.54) is 0 Å². The zero-order valence-electron chi connectivity index (χ0n) is 16.1. The Hall–Kier alpha value is -1.88. The van der Waals surface area contributed by atoms with Gasteiger partial charge < -0.3 is 20.1 Å². The Balaban J connectivity index is 0.00000420. The van der Waals surface area contributed by atoms with Crippen LogP contribution in [-0.2, 0) is 13.0 Å². The van der Waals surface area contributed by atoms with Crippen LogP contribution in [0.3, 0.4) is 0 Å². The lowest BCUT2D eigenvalue weighted by Crippen LogP contribution is -2.38. The van der Waals surface area contributed by atoms with Gasteiger partial charge >= 0.3 is 6.61 Å². The second-order valence-electron chi connectivity index (χ2n) is 5.65. The molecule has 6 nitrogen and oxygen atoms in total. The minimum atomic E-state index is -2.94. The molecule has 0 aliphatic carbocycles. The predicted octanol–water partition coefficient (Wildman–Crippen LogP) is 4.26. The number of halogens is 4. The molecule has 0 aliphatic rings. The first-order chi connectivity index (χ1) is 13.5. The molecule has 2 aromatic rings. The SMILES string of the molecule is CCOc1cccc(CNC(=NC)NCCc2ccc(Cl)nc2)c1OC(F)F.I. The van der Waals surface area contributed by atoms with Gasteiger partial charge in [0, 0.05) is 31.9 Å². The minimum absolute atomic E-state index is 0. The molecule has 0 amide bonds. The maximum Gasteiger partial charge on any atom is 0.387 e. The summed E-state index contributed by atoms with van der Waals surface area (Å²) in [4.78, 5) is 8.17. The average Bonchev–Trinajstić information content (AvgIpc) is 2.68. The maximum absolute atomic E-state index is 12.8. The summed E-state index contributed by atoms with van der Waals surface area (Å²) in [5.74, 6) is 0.835. The van der Waals surface area contributed by atoms with Crippen molar-refractivity contribution in [1.82, 2.24) is 15.6 Å². The molecule has 0 fully saturated rings. The van der Waals surface area contributed by atoms with Crippen LogP contribution in [0.5, 0.6) is 11.5 Å². The second-order valence-corrected chi connectivity index (χ2v) is 6.03. The molecule has 29 heavy (non-hydrogen) atoms. The number of aliphatic imine (C=N–C) groups is 1. The van der Waals surface area contributed by atoms with Crippen LogP contribution in [0.4, 0.5) is 8.78 Å². The van der Waals surface area contributed by atoms with Gasteiger partial charge in [-0.15, -0.1) is 24.0 Å². The number of rotatable bonds is 9. The fraction of sp³-hybridized carbons (Fsp3) is 0.368. The number of ether oxygens (including phenoxy) is 2. The van der Waals surface area contributed by atoms with Crippen molar-refractivity contribution in [3.63, 3.8) is 0 Å². The lowest BCUT2D eigenvalue weighted by Gasteiger charge is -2.17. The Kier molecular flexibility index (Phi) is 11.6. The minimum Gasteiger partial charge on any atom is -0.490 e. The van der Waals surface area contributed by atoms with E-state index in [4.69, 9.17) is 16.3 Å². The molecule has 1 aromatic carbocycles. The standard InChI is InChI=1S/C19H23ClF2N4O2.HI/c1-3-27-15-6-4-5-14(17(15)28-18(21)22)12-26-19(23-2)24-10-9-13-7-8-16(20)25-11-13;/h4-8,11,18H,3,9-10,12H2,1-2H3,(H2,23,24,26);1H. The second kappa shape index (κ2) is 13.4. The summed E-state index contributed by atoms with van der Waals surface area (Å²) in [5.41, 5.74) is 1.57. The third kappa shape index (κ3) is 8.57. The van der Waals surface area contributed by atoms with E-state index in [2.05, 4.69) is 25.3 Å². The Labute approximate surface area is 191 Å². The van der Waals surface area contributed by atoms with Crippen LogP contribution >= 0.6 is 35.6 Å². The molecule has 10 heteroatoms. The monoisotopic (exact) mass is 540 g/mol. The van der Waals surface area contributed by atoms with Gasteiger partial charge in [-0.05, 0) is 31.0 Å². The fourth-order valence-electron chi connectivity index (χ4n) is 2.47. The Bertz CT molecular complexity index is 779. The number of nitrogens with zero attached hydrogens (tertiary/aromatic N) is 2. The van der Waals surface area contributed by atoms with Crippen LogP contribution in [0, 0.1) is 0 Å². The molecule has 160 valence electrons. The van der Waals surface area contributed by atoms with Gasteiger partial charge in [0.15, 0.2) is 17.5 Å². The van der Waals surface area contributed by atoms with E-state index >= 15 is 0 Å². The number of guanidine groups is 1. The van der Waals surface area contributed by atoms with E-state index in [1.54, 1.807) is 44.4 Å². The largest absolute Gasteiger partial charge is 0.490 e. The highest BCUT2D eigenvalue weighted by atomic mass is 127. The van der Waals surface area contributed by atoms with E-state index < -0.39 is 6.61 Å². The smallest absolute Gasteiger partial charge is 0.387 e. The van der Waals surface area contributed by atoms with Crippen LogP contribution in [0.1, 0.15) is 18.1 Å². The van der Waals surface area contributed by atoms with Crippen molar-refractivity contribution in [3.8, 4) is 11.5 Å². The Morgan fingerprint density at radius 2 is 2.03 bits per heavy atom. The van der Waals surface area contributed by atoms with Crippen molar-refractivity contribution in [2.45, 2.75) is 26.5 Å². The highest BCUT2D eigenvalue weighted by molar-refractivity contribution is 14.0. The van der Waals surface area contributed by atoms with Gasteiger partial charge in [0.25, 0.3) is 0 Å². The maximum atomic E-state index is 12.8. The first kappa shape index (κ1) is 25.2. The zero-order valence-corrected chi connectivity index (χ0v) is 19.2. The summed E-state index contributed by atoms with van der Waals surface area (Å²) in [7, 11) is 1.63. The normalized spacial score (nSPS) is 11.0. The van der Waals surface area contributed by atoms with Crippen molar-refractivity contribution >= 4 is 41.5 Å². The number of pyridine rings is 1. The summed E-state index contributed by atoms with van der Waals surface area (Å²) in [5, 5.41) is 6.70. The molecule has 2 rings (SSSR count). The van der Waals surface area contributed by atoms with Crippen LogP contribution in [0.25, 0.3) is 0 Å². The molecule has 0 aliphatic heterocycles. The third-order valence-electron chi connectivity index (χ3n) is 3.73. The molecule has 1 heterocycles. The van der Waals surface area contributed by atoms with E-state index in [0.29, 0.717) is 29.8 Å². The molecule has 2 N–H and O–H groups in total. The Morgan fingerprint density at radius 1 is 1.24 bits per heavy atom. The van der Waals surface area contributed by atoms with Gasteiger partial charge in [0.2, 0.25) is 0 Å². The van der Waals surface area contributed by atoms with Gasteiger partial charge in [0.1, 0.15) is 5.15 Å². The highest BCUT2D eigenvalue weighted by Crippen LogP contribution is 2.32. The fourth-order valence-corrected chi connectivity index (χ4v) is 2.58. The van der Waals surface area contributed by atoms with Crippen LogP contribution in [0.2, 0.25) is 5.15 Å². The van der Waals surface area contributed by atoms with Crippen LogP contribution in [-0.4, -0.2) is 37.8 Å². The summed E-state index contributed by atoms with van der Waals surface area (Å²) >= 11 is 5.77. The Morgan fingerprint density at radius 3 is 2.66 bits per heavy atom. The lowest BCUT2D eigenvalue weighted by atomic mass is 10.2. The molecule has 0 unspecified atom stereocenters. The quantitative estimate of drug-likeness (QED) is 0.215. The van der Waals surface area contributed by atoms with Crippen LogP contribution < -0.4 is 20.1 Å². The number of hydrogen-bond acceptors (Lipinski definition) is 4. The summed E-state index contributed by atoms with van der Waals surface area (Å²) in [6, 6.07) is 8.65. The van der Waals surface area contributed by atoms with Crippen molar-refractivity contribution in [3.05, 3.63) is 52.8 Å². The number of hydrogen-bond donors (Lipinski definition) is 2. The van der Waals surface area contributed by atoms with E-state index in [0.717, 1.165) is 12.0 Å². The van der Waals surface area contributed by atoms with Gasteiger partial charge in [-0.2, -0.15) is 8.78 Å². The van der Waals surface area contributed by atoms with Gasteiger partial charge in [-0.25, -0.2) is 4.98 Å². The molecule has 1 aromatic heterocycles. The molecule has 0 spiro atoms. The number of benzene rings is 1. The van der Waals surface area contributed by atoms with E-state index in [9.17, 15) is 8.78 Å². The van der Waals surface area contributed by atoms with E-state index in [-0.39, 0.29) is 42.0 Å². The van der Waals surface area contributed by atoms with Crippen molar-refractivity contribution in [1.29, 1.82) is 0 Å². The topological polar surface area (TPSA) is 67.8 Å². The number of aromatic nitrogens is 1. The molecule has 0 saturated carbocycles. The van der Waals surface area contributed by atoms with Crippen molar-refractivity contribution in [2.24, 2.45) is 4.99 Å². The molecular formula is C19H24ClF2IN4O2. The first-order valence-electron chi connectivity index (χ1n) is 8.78. The zero-order chi connectivity index (χ0) is 20.4. The van der Waals surface area contributed by atoms with Gasteiger partial charge in [-0.1, -0.05) is 29.8 Å². The molecule has 0 radical (unpaired) electrons. The summed E-state index contributed by atoms with van der Waals surface area (Å²) < 4.78 is 35.6. The number of alkyl halides is 2. The lowest BCUT2D eigenvalue weighted by molar-refractivity contribution is -0.0520. The molecule has 0 saturated heterocycles. The molecule has 0 atom stereocenters. The molecule has 0 bridgehead atoms. The highest BCUT2D eigenvalue weighted by Gasteiger charge is 2.16. The first-order valence-corrected chi connectivity index (χ1v) is 9.15.